The minimum atomic E-state index is -0.308. The van der Waals surface area contributed by atoms with Crippen LogP contribution in [0.1, 0.15) is 38.5 Å². The highest BCUT2D eigenvalue weighted by Crippen LogP contribution is 2.30. The number of rotatable bonds is 10. The Kier molecular flexibility index (Phi) is 8.38. The standard InChI is InChI=1S/C26H35N5O3S/c1-18-14-19(2)16-30(15-18)25-28-29-26(31(25)17-23-6-5-13-34-23)35-20(3)24(32)27-12-11-21-7-9-22(33-4)10-8-21/h5-10,13,18-20H,11-12,14-17H2,1-4H3,(H,27,32). The molecule has 3 unspecified atom stereocenters. The third kappa shape index (κ3) is 6.60. The molecule has 4 rings (SSSR count). The van der Waals surface area contributed by atoms with Gasteiger partial charge in [0.25, 0.3) is 0 Å². The van der Waals surface area contributed by atoms with Crippen LogP contribution in [0.15, 0.2) is 52.2 Å². The summed E-state index contributed by atoms with van der Waals surface area (Å²) in [5.41, 5.74) is 1.15. The van der Waals surface area contributed by atoms with E-state index in [2.05, 4.69) is 38.8 Å². The lowest BCUT2D eigenvalue weighted by Crippen LogP contribution is -2.40. The fourth-order valence-corrected chi connectivity index (χ4v) is 5.47. The Hall–Kier alpha value is -2.94. The Labute approximate surface area is 211 Å². The van der Waals surface area contributed by atoms with Gasteiger partial charge < -0.3 is 19.4 Å². The van der Waals surface area contributed by atoms with Gasteiger partial charge in [-0.05, 0) is 61.4 Å². The van der Waals surface area contributed by atoms with Crippen molar-refractivity contribution in [2.45, 2.75) is 50.6 Å². The number of thioether (sulfide) groups is 1. The third-order valence-electron chi connectivity index (χ3n) is 6.27. The van der Waals surface area contributed by atoms with Crippen molar-refractivity contribution in [2.75, 3.05) is 31.6 Å². The van der Waals surface area contributed by atoms with Gasteiger partial charge in [0, 0.05) is 19.6 Å². The van der Waals surface area contributed by atoms with Gasteiger partial charge >= 0.3 is 0 Å². The first kappa shape index (κ1) is 25.2. The number of benzene rings is 1. The van der Waals surface area contributed by atoms with E-state index in [0.717, 1.165) is 47.7 Å². The Morgan fingerprint density at radius 2 is 1.94 bits per heavy atom. The highest BCUT2D eigenvalue weighted by Gasteiger charge is 2.28. The maximum atomic E-state index is 12.8. The van der Waals surface area contributed by atoms with E-state index in [1.165, 1.54) is 18.2 Å². The number of anilines is 1. The maximum Gasteiger partial charge on any atom is 0.233 e. The zero-order valence-electron chi connectivity index (χ0n) is 20.9. The fourth-order valence-electron chi connectivity index (χ4n) is 4.60. The minimum Gasteiger partial charge on any atom is -0.497 e. The first-order valence-electron chi connectivity index (χ1n) is 12.2. The lowest BCUT2D eigenvalue weighted by atomic mass is 9.92. The summed E-state index contributed by atoms with van der Waals surface area (Å²) in [4.78, 5) is 15.1. The van der Waals surface area contributed by atoms with Crippen LogP contribution < -0.4 is 15.0 Å². The molecule has 1 N–H and O–H groups in total. The van der Waals surface area contributed by atoms with E-state index in [9.17, 15) is 4.79 Å². The molecular formula is C26H35N5O3S. The monoisotopic (exact) mass is 497 g/mol. The number of furan rings is 1. The van der Waals surface area contributed by atoms with E-state index in [1.54, 1.807) is 13.4 Å². The number of hydrogen-bond donors (Lipinski definition) is 1. The topological polar surface area (TPSA) is 85.4 Å². The molecule has 3 heterocycles. The molecule has 0 aliphatic carbocycles. The number of hydrogen-bond acceptors (Lipinski definition) is 7. The Balaban J connectivity index is 1.41. The van der Waals surface area contributed by atoms with Crippen LogP contribution in [-0.2, 0) is 17.8 Å². The summed E-state index contributed by atoms with van der Waals surface area (Å²) in [5, 5.41) is 12.5. The number of carbonyl (C=O) groups is 1. The highest BCUT2D eigenvalue weighted by molar-refractivity contribution is 8.00. The first-order chi connectivity index (χ1) is 16.9. The molecule has 0 radical (unpaired) electrons. The number of carbonyl (C=O) groups excluding carboxylic acids is 1. The summed E-state index contributed by atoms with van der Waals surface area (Å²) in [7, 11) is 1.65. The first-order valence-corrected chi connectivity index (χ1v) is 13.1. The number of nitrogens with zero attached hydrogens (tertiary/aromatic N) is 4. The Bertz CT molecular complexity index is 1070. The predicted octanol–water partition coefficient (Wildman–Crippen LogP) is 4.25. The van der Waals surface area contributed by atoms with E-state index in [4.69, 9.17) is 9.15 Å². The van der Waals surface area contributed by atoms with Crippen molar-refractivity contribution in [3.8, 4) is 5.75 Å². The number of piperidine rings is 1. The molecule has 8 nitrogen and oxygen atoms in total. The second-order valence-corrected chi connectivity index (χ2v) is 10.8. The van der Waals surface area contributed by atoms with Gasteiger partial charge in [-0.15, -0.1) is 10.2 Å². The third-order valence-corrected chi connectivity index (χ3v) is 7.35. The molecule has 1 aromatic carbocycles. The quantitative estimate of drug-likeness (QED) is 0.419. The summed E-state index contributed by atoms with van der Waals surface area (Å²) in [6.07, 6.45) is 3.66. The second-order valence-electron chi connectivity index (χ2n) is 9.45. The zero-order chi connectivity index (χ0) is 24.8. The van der Waals surface area contributed by atoms with Gasteiger partial charge in [-0.2, -0.15) is 0 Å². The van der Waals surface area contributed by atoms with Crippen LogP contribution in [0.25, 0.3) is 0 Å². The molecule has 1 aliphatic rings. The van der Waals surface area contributed by atoms with E-state index in [1.807, 2.05) is 43.3 Å². The zero-order valence-corrected chi connectivity index (χ0v) is 21.8. The minimum absolute atomic E-state index is 0.0159. The van der Waals surface area contributed by atoms with Gasteiger partial charge in [0.2, 0.25) is 11.9 Å². The molecule has 1 fully saturated rings. The SMILES string of the molecule is COc1ccc(CCNC(=O)C(C)Sc2nnc(N3CC(C)CC(C)C3)n2Cc2ccco2)cc1. The average molecular weight is 498 g/mol. The normalized spacial score (nSPS) is 18.9. The van der Waals surface area contributed by atoms with Crippen molar-refractivity contribution in [1.82, 2.24) is 20.1 Å². The summed E-state index contributed by atoms with van der Waals surface area (Å²) in [6, 6.07) is 11.7. The van der Waals surface area contributed by atoms with Crippen LogP contribution in [-0.4, -0.2) is 52.7 Å². The van der Waals surface area contributed by atoms with E-state index >= 15 is 0 Å². The van der Waals surface area contributed by atoms with Gasteiger partial charge in [0.1, 0.15) is 11.5 Å². The number of amides is 1. The van der Waals surface area contributed by atoms with Crippen molar-refractivity contribution in [3.05, 3.63) is 54.0 Å². The molecule has 1 amide bonds. The largest absolute Gasteiger partial charge is 0.497 e. The molecule has 188 valence electrons. The number of methoxy groups -OCH3 is 1. The van der Waals surface area contributed by atoms with Crippen LogP contribution in [0, 0.1) is 11.8 Å². The van der Waals surface area contributed by atoms with Crippen LogP contribution in [0.2, 0.25) is 0 Å². The highest BCUT2D eigenvalue weighted by atomic mass is 32.2. The molecule has 3 atom stereocenters. The van der Waals surface area contributed by atoms with Crippen LogP contribution in [0.5, 0.6) is 5.75 Å². The molecule has 0 spiro atoms. The number of nitrogens with one attached hydrogen (secondary N) is 1. The van der Waals surface area contributed by atoms with Gasteiger partial charge in [-0.3, -0.25) is 9.36 Å². The Morgan fingerprint density at radius 1 is 1.20 bits per heavy atom. The van der Waals surface area contributed by atoms with Crippen LogP contribution >= 0.6 is 11.8 Å². The lowest BCUT2D eigenvalue weighted by molar-refractivity contribution is -0.120. The summed E-state index contributed by atoms with van der Waals surface area (Å²) in [6.45, 7) is 9.48. The van der Waals surface area contributed by atoms with E-state index in [-0.39, 0.29) is 11.2 Å². The average Bonchev–Trinajstić information content (AvgIpc) is 3.49. The van der Waals surface area contributed by atoms with Gasteiger partial charge in [0.15, 0.2) is 5.16 Å². The molecule has 0 bridgehead atoms. The fraction of sp³-hybridized carbons (Fsp3) is 0.500. The van der Waals surface area contributed by atoms with Crippen molar-refractivity contribution < 1.29 is 13.9 Å². The van der Waals surface area contributed by atoms with Crippen molar-refractivity contribution in [3.63, 3.8) is 0 Å². The van der Waals surface area contributed by atoms with Gasteiger partial charge in [0.05, 0.1) is 25.2 Å². The van der Waals surface area contributed by atoms with Crippen molar-refractivity contribution in [1.29, 1.82) is 0 Å². The molecule has 3 aromatic rings. The summed E-state index contributed by atoms with van der Waals surface area (Å²) < 4.78 is 12.9. The van der Waals surface area contributed by atoms with Crippen LogP contribution in [0.3, 0.4) is 0 Å². The molecule has 1 aliphatic heterocycles. The number of aromatic nitrogens is 3. The second kappa shape index (κ2) is 11.7. The molecular weight excluding hydrogens is 462 g/mol. The van der Waals surface area contributed by atoms with Gasteiger partial charge in [-0.25, -0.2) is 0 Å². The number of ether oxygens (including phenoxy) is 1. The Morgan fingerprint density at radius 3 is 2.60 bits per heavy atom. The van der Waals surface area contributed by atoms with Gasteiger partial charge in [-0.1, -0.05) is 37.7 Å². The van der Waals surface area contributed by atoms with Crippen molar-refractivity contribution >= 4 is 23.6 Å². The summed E-state index contributed by atoms with van der Waals surface area (Å²) >= 11 is 1.43. The smallest absolute Gasteiger partial charge is 0.233 e. The predicted molar refractivity (Wildman–Crippen MR) is 138 cm³/mol. The molecule has 35 heavy (non-hydrogen) atoms. The van der Waals surface area contributed by atoms with E-state index < -0.39 is 0 Å². The summed E-state index contributed by atoms with van der Waals surface area (Å²) in [5.74, 6) is 3.68. The molecule has 2 aromatic heterocycles. The molecule has 9 heteroatoms. The molecule has 1 saturated heterocycles. The lowest BCUT2D eigenvalue weighted by Gasteiger charge is -2.35. The van der Waals surface area contributed by atoms with E-state index in [0.29, 0.717) is 24.9 Å². The van der Waals surface area contributed by atoms with Crippen LogP contribution in [0.4, 0.5) is 5.95 Å². The maximum absolute atomic E-state index is 12.8. The molecule has 0 saturated carbocycles. The van der Waals surface area contributed by atoms with Crippen molar-refractivity contribution in [2.24, 2.45) is 11.8 Å².